The number of methoxy groups -OCH3 is 1. The van der Waals surface area contributed by atoms with Crippen molar-refractivity contribution < 1.29 is 4.74 Å². The van der Waals surface area contributed by atoms with E-state index in [0.717, 1.165) is 11.4 Å². The number of aryl methyl sites for hydroxylation is 1. The lowest BCUT2D eigenvalue weighted by Gasteiger charge is -1.96. The second-order valence-electron chi connectivity index (χ2n) is 2.08. The van der Waals surface area contributed by atoms with E-state index in [-0.39, 0.29) is 0 Å². The zero-order chi connectivity index (χ0) is 7.40. The van der Waals surface area contributed by atoms with Gasteiger partial charge in [0.2, 0.25) is 0 Å². The molecule has 0 amide bonds. The summed E-state index contributed by atoms with van der Waals surface area (Å²) >= 11 is 0. The van der Waals surface area contributed by atoms with Crippen LogP contribution in [0.25, 0.3) is 0 Å². The van der Waals surface area contributed by atoms with Crippen LogP contribution < -0.4 is 0 Å². The highest BCUT2D eigenvalue weighted by Gasteiger charge is 1.91. The van der Waals surface area contributed by atoms with E-state index in [4.69, 9.17) is 4.74 Å². The van der Waals surface area contributed by atoms with Gasteiger partial charge >= 0.3 is 0 Å². The van der Waals surface area contributed by atoms with Gasteiger partial charge in [-0.05, 0) is 6.92 Å². The van der Waals surface area contributed by atoms with Gasteiger partial charge in [0.05, 0.1) is 24.2 Å². The number of nitrogens with zero attached hydrogens (tertiary/aromatic N) is 2. The molecule has 3 heteroatoms. The van der Waals surface area contributed by atoms with Crippen molar-refractivity contribution in [3.63, 3.8) is 0 Å². The molecule has 0 aromatic carbocycles. The Kier molecular flexibility index (Phi) is 2.34. The molecule has 0 radical (unpaired) electrons. The molecule has 0 saturated heterocycles. The second kappa shape index (κ2) is 3.27. The first-order chi connectivity index (χ1) is 4.83. The molecule has 1 heterocycles. The molecule has 0 unspecified atom stereocenters. The maximum Gasteiger partial charge on any atom is 0.0899 e. The van der Waals surface area contributed by atoms with Crippen LogP contribution in [0.5, 0.6) is 0 Å². The van der Waals surface area contributed by atoms with E-state index >= 15 is 0 Å². The topological polar surface area (TPSA) is 35.0 Å². The van der Waals surface area contributed by atoms with Gasteiger partial charge in [0.1, 0.15) is 0 Å². The summed E-state index contributed by atoms with van der Waals surface area (Å²) < 4.78 is 4.87. The second-order valence-corrected chi connectivity index (χ2v) is 2.08. The number of rotatable bonds is 2. The molecule has 3 nitrogen and oxygen atoms in total. The van der Waals surface area contributed by atoms with Crippen molar-refractivity contribution in [3.8, 4) is 0 Å². The molecule has 0 fully saturated rings. The molecule has 0 atom stereocenters. The van der Waals surface area contributed by atoms with E-state index in [1.807, 2.05) is 6.92 Å². The zero-order valence-electron chi connectivity index (χ0n) is 6.16. The summed E-state index contributed by atoms with van der Waals surface area (Å²) in [5, 5.41) is 0. The molecular weight excluding hydrogens is 128 g/mol. The zero-order valence-corrected chi connectivity index (χ0v) is 6.16. The lowest BCUT2D eigenvalue weighted by atomic mass is 10.4. The maximum atomic E-state index is 4.87. The van der Waals surface area contributed by atoms with Crippen molar-refractivity contribution in [3.05, 3.63) is 23.8 Å². The molecule has 0 N–H and O–H groups in total. The molecule has 54 valence electrons. The van der Waals surface area contributed by atoms with Gasteiger partial charge in [-0.15, -0.1) is 0 Å². The lowest BCUT2D eigenvalue weighted by Crippen LogP contribution is -1.93. The number of hydrogen-bond acceptors (Lipinski definition) is 3. The SMILES string of the molecule is COCc1cnc(C)cn1. The summed E-state index contributed by atoms with van der Waals surface area (Å²) in [6, 6.07) is 0. The van der Waals surface area contributed by atoms with Crippen molar-refractivity contribution >= 4 is 0 Å². The first-order valence-corrected chi connectivity index (χ1v) is 3.09. The number of hydrogen-bond donors (Lipinski definition) is 0. The fourth-order valence-corrected chi connectivity index (χ4v) is 0.642. The van der Waals surface area contributed by atoms with Gasteiger partial charge < -0.3 is 4.74 Å². The minimum atomic E-state index is 0.535. The van der Waals surface area contributed by atoms with Gasteiger partial charge in [0.15, 0.2) is 0 Å². The van der Waals surface area contributed by atoms with Crippen molar-refractivity contribution in [1.82, 2.24) is 9.97 Å². The smallest absolute Gasteiger partial charge is 0.0899 e. The van der Waals surface area contributed by atoms with Crippen LogP contribution in [0.3, 0.4) is 0 Å². The Morgan fingerprint density at radius 1 is 1.40 bits per heavy atom. The summed E-state index contributed by atoms with van der Waals surface area (Å²) in [5.41, 5.74) is 1.80. The largest absolute Gasteiger partial charge is 0.378 e. The van der Waals surface area contributed by atoms with Crippen LogP contribution in [0.4, 0.5) is 0 Å². The van der Waals surface area contributed by atoms with E-state index in [0.29, 0.717) is 6.61 Å². The Balaban J connectivity index is 2.69. The summed E-state index contributed by atoms with van der Waals surface area (Å²) in [7, 11) is 1.64. The molecule has 10 heavy (non-hydrogen) atoms. The normalized spacial score (nSPS) is 9.80. The molecule has 0 aliphatic carbocycles. The monoisotopic (exact) mass is 138 g/mol. The molecule has 0 aliphatic heterocycles. The fraction of sp³-hybridized carbons (Fsp3) is 0.429. The summed E-state index contributed by atoms with van der Waals surface area (Å²) in [4.78, 5) is 8.14. The third-order valence-electron chi connectivity index (χ3n) is 1.13. The number of ether oxygens (including phenoxy) is 1. The van der Waals surface area contributed by atoms with Crippen molar-refractivity contribution in [1.29, 1.82) is 0 Å². The van der Waals surface area contributed by atoms with Crippen molar-refractivity contribution in [2.75, 3.05) is 7.11 Å². The predicted molar refractivity (Wildman–Crippen MR) is 37.5 cm³/mol. The molecule has 1 aromatic rings. The molecular formula is C7H10N2O. The van der Waals surface area contributed by atoms with Crippen molar-refractivity contribution in [2.24, 2.45) is 0 Å². The molecule has 0 aliphatic rings. The standard InChI is InChI=1S/C7H10N2O/c1-6-3-9-7(4-8-6)5-10-2/h3-4H,5H2,1-2H3. The Morgan fingerprint density at radius 3 is 2.70 bits per heavy atom. The minimum absolute atomic E-state index is 0.535. The minimum Gasteiger partial charge on any atom is -0.378 e. The van der Waals surface area contributed by atoms with Gasteiger partial charge in [0.25, 0.3) is 0 Å². The van der Waals surface area contributed by atoms with Gasteiger partial charge in [-0.1, -0.05) is 0 Å². The highest BCUT2D eigenvalue weighted by Crippen LogP contribution is 1.94. The summed E-state index contributed by atoms with van der Waals surface area (Å²) in [6.45, 7) is 2.44. The Morgan fingerprint density at radius 2 is 2.20 bits per heavy atom. The first-order valence-electron chi connectivity index (χ1n) is 3.09. The highest BCUT2D eigenvalue weighted by atomic mass is 16.5. The predicted octanol–water partition coefficient (Wildman–Crippen LogP) is 0.931. The van der Waals surface area contributed by atoms with Gasteiger partial charge in [-0.25, -0.2) is 0 Å². The van der Waals surface area contributed by atoms with Crippen molar-refractivity contribution in [2.45, 2.75) is 13.5 Å². The quantitative estimate of drug-likeness (QED) is 0.609. The molecule has 0 saturated carbocycles. The summed E-state index contributed by atoms with van der Waals surface area (Å²) in [5.74, 6) is 0. The van der Waals surface area contributed by atoms with Gasteiger partial charge in [-0.2, -0.15) is 0 Å². The lowest BCUT2D eigenvalue weighted by molar-refractivity contribution is 0.181. The first kappa shape index (κ1) is 7.15. The molecule has 1 rings (SSSR count). The Labute approximate surface area is 60.1 Å². The van der Waals surface area contributed by atoms with Crippen LogP contribution in [0.1, 0.15) is 11.4 Å². The fourth-order valence-electron chi connectivity index (χ4n) is 0.642. The molecule has 0 bridgehead atoms. The third kappa shape index (κ3) is 1.77. The van der Waals surface area contributed by atoms with Crippen LogP contribution in [0.15, 0.2) is 12.4 Å². The van der Waals surface area contributed by atoms with E-state index in [9.17, 15) is 0 Å². The Hall–Kier alpha value is -0.960. The highest BCUT2D eigenvalue weighted by molar-refractivity contribution is 4.98. The van der Waals surface area contributed by atoms with Crippen LogP contribution in [-0.2, 0) is 11.3 Å². The van der Waals surface area contributed by atoms with Crippen LogP contribution in [0, 0.1) is 6.92 Å². The molecule has 1 aromatic heterocycles. The average Bonchev–Trinajstić information content (AvgIpc) is 1.95. The third-order valence-corrected chi connectivity index (χ3v) is 1.13. The summed E-state index contributed by atoms with van der Waals surface area (Å²) in [6.07, 6.45) is 3.45. The van der Waals surface area contributed by atoms with E-state index in [2.05, 4.69) is 9.97 Å². The van der Waals surface area contributed by atoms with Gasteiger partial charge in [-0.3, -0.25) is 9.97 Å². The van der Waals surface area contributed by atoms with Crippen LogP contribution in [-0.4, -0.2) is 17.1 Å². The van der Waals surface area contributed by atoms with E-state index in [1.54, 1.807) is 19.5 Å². The van der Waals surface area contributed by atoms with E-state index < -0.39 is 0 Å². The number of aromatic nitrogens is 2. The van der Waals surface area contributed by atoms with Gasteiger partial charge in [0, 0.05) is 13.3 Å². The van der Waals surface area contributed by atoms with Crippen LogP contribution >= 0.6 is 0 Å². The van der Waals surface area contributed by atoms with Crippen LogP contribution in [0.2, 0.25) is 0 Å². The Bertz CT molecular complexity index is 195. The average molecular weight is 138 g/mol. The maximum absolute atomic E-state index is 4.87. The molecule has 0 spiro atoms. The van der Waals surface area contributed by atoms with E-state index in [1.165, 1.54) is 0 Å².